The summed E-state index contributed by atoms with van der Waals surface area (Å²) in [6.07, 6.45) is 4.22. The van der Waals surface area contributed by atoms with E-state index >= 15 is 0 Å². The molecule has 31 heavy (non-hydrogen) atoms. The van der Waals surface area contributed by atoms with E-state index in [9.17, 15) is 8.42 Å². The smallest absolute Gasteiger partial charge is 0.229 e. The molecule has 3 N–H and O–H groups in total. The quantitative estimate of drug-likeness (QED) is 0.569. The molecule has 2 aliphatic heterocycles. The van der Waals surface area contributed by atoms with Gasteiger partial charge in [-0.15, -0.1) is 0 Å². The van der Waals surface area contributed by atoms with Crippen molar-refractivity contribution >= 4 is 39.1 Å². The average molecular weight is 472 g/mol. The van der Waals surface area contributed by atoms with Crippen molar-refractivity contribution in [3.8, 4) is 0 Å². The predicted molar refractivity (Wildman–Crippen MR) is 116 cm³/mol. The number of sulfonamides is 1. The molecule has 4 atom stereocenters. The average Bonchev–Trinajstić information content (AvgIpc) is 3.36. The number of hydrogen-bond donors (Lipinski definition) is 3. The summed E-state index contributed by atoms with van der Waals surface area (Å²) in [6.45, 7) is 5.51. The van der Waals surface area contributed by atoms with Crippen LogP contribution < -0.4 is 15.4 Å². The molecular formula is C18H26ClN7O4S. The minimum Gasteiger partial charge on any atom is -0.371 e. The van der Waals surface area contributed by atoms with Gasteiger partial charge in [-0.1, -0.05) is 11.6 Å². The second kappa shape index (κ2) is 8.17. The van der Waals surface area contributed by atoms with E-state index in [-0.39, 0.29) is 18.8 Å². The molecule has 0 amide bonds. The van der Waals surface area contributed by atoms with Crippen molar-refractivity contribution in [2.75, 3.05) is 23.8 Å². The van der Waals surface area contributed by atoms with Gasteiger partial charge in [-0.25, -0.2) is 18.1 Å². The summed E-state index contributed by atoms with van der Waals surface area (Å²) >= 11 is 6.29. The van der Waals surface area contributed by atoms with E-state index in [0.717, 1.165) is 5.69 Å². The Labute approximate surface area is 185 Å². The van der Waals surface area contributed by atoms with E-state index in [2.05, 4.69) is 30.4 Å². The van der Waals surface area contributed by atoms with Gasteiger partial charge in [0.2, 0.25) is 16.0 Å². The van der Waals surface area contributed by atoms with Crippen molar-refractivity contribution in [3.05, 3.63) is 23.6 Å². The number of fused-ring (bicyclic) bond motifs is 1. The molecule has 0 spiro atoms. The highest BCUT2D eigenvalue weighted by atomic mass is 35.5. The van der Waals surface area contributed by atoms with E-state index in [1.807, 2.05) is 7.05 Å². The minimum absolute atomic E-state index is 0.230. The van der Waals surface area contributed by atoms with Gasteiger partial charge in [0.1, 0.15) is 17.2 Å². The second-order valence-corrected chi connectivity index (χ2v) is 11.5. The van der Waals surface area contributed by atoms with Gasteiger partial charge in [0.15, 0.2) is 5.82 Å². The summed E-state index contributed by atoms with van der Waals surface area (Å²) in [6, 6.07) is -0.697. The standard InChI is InChI=1S/C18H26ClN7O4S/c1-18(2,3)31(27,28)25-13-9-30-14-12(8-29-15(13)14)23-16-11(19)6-20-17(24-16)22-10-5-21-26(4)7-10/h5-7,12-15,25H,8-9H2,1-4H3,(H2,20,22,23,24). The lowest BCUT2D eigenvalue weighted by Crippen LogP contribution is -2.50. The molecule has 2 aliphatic rings. The fourth-order valence-corrected chi connectivity index (χ4v) is 4.52. The zero-order valence-electron chi connectivity index (χ0n) is 17.7. The maximum Gasteiger partial charge on any atom is 0.229 e. The second-order valence-electron chi connectivity index (χ2n) is 8.60. The van der Waals surface area contributed by atoms with Crippen molar-refractivity contribution in [1.82, 2.24) is 24.5 Å². The minimum atomic E-state index is -3.52. The van der Waals surface area contributed by atoms with Crippen LogP contribution in [0.15, 0.2) is 18.6 Å². The summed E-state index contributed by atoms with van der Waals surface area (Å²) in [7, 11) is -1.71. The molecule has 0 saturated carbocycles. The molecule has 4 rings (SSSR count). The summed E-state index contributed by atoms with van der Waals surface area (Å²) in [5, 5.41) is 10.8. The van der Waals surface area contributed by atoms with Crippen LogP contribution in [0.25, 0.3) is 0 Å². The molecule has 2 aromatic rings. The molecule has 0 radical (unpaired) electrons. The number of aryl methyl sites for hydroxylation is 1. The molecule has 2 aromatic heterocycles. The molecule has 2 saturated heterocycles. The highest BCUT2D eigenvalue weighted by molar-refractivity contribution is 7.90. The van der Waals surface area contributed by atoms with Crippen LogP contribution in [-0.4, -0.2) is 70.4 Å². The van der Waals surface area contributed by atoms with Crippen molar-refractivity contribution in [1.29, 1.82) is 0 Å². The van der Waals surface area contributed by atoms with Gasteiger partial charge in [-0.2, -0.15) is 10.1 Å². The Bertz CT molecular complexity index is 1060. The van der Waals surface area contributed by atoms with Gasteiger partial charge in [-0.3, -0.25) is 4.68 Å². The molecule has 13 heteroatoms. The Morgan fingerprint density at radius 3 is 2.48 bits per heavy atom. The lowest BCUT2D eigenvalue weighted by Gasteiger charge is -2.24. The number of halogens is 1. The number of aromatic nitrogens is 4. The Morgan fingerprint density at radius 2 is 1.84 bits per heavy atom. The molecule has 4 heterocycles. The van der Waals surface area contributed by atoms with Crippen LogP contribution in [0.4, 0.5) is 17.5 Å². The molecular weight excluding hydrogens is 446 g/mol. The molecule has 11 nitrogen and oxygen atoms in total. The Balaban J connectivity index is 1.44. The largest absolute Gasteiger partial charge is 0.371 e. The van der Waals surface area contributed by atoms with Crippen LogP contribution in [0.3, 0.4) is 0 Å². The first-order valence-corrected chi connectivity index (χ1v) is 11.7. The van der Waals surface area contributed by atoms with Crippen molar-refractivity contribution in [3.63, 3.8) is 0 Å². The SMILES string of the molecule is Cn1cc(Nc2ncc(Cl)c(NC3COC4C(NS(=O)(=O)C(C)(C)C)COC34)n2)cn1. The van der Waals surface area contributed by atoms with Crippen LogP contribution in [0, 0.1) is 0 Å². The molecule has 2 fully saturated rings. The third kappa shape index (κ3) is 4.62. The van der Waals surface area contributed by atoms with Crippen LogP contribution in [-0.2, 0) is 26.5 Å². The summed E-state index contributed by atoms with van der Waals surface area (Å²) in [5.41, 5.74) is 0.744. The Morgan fingerprint density at radius 1 is 1.16 bits per heavy atom. The van der Waals surface area contributed by atoms with E-state index in [0.29, 0.717) is 23.4 Å². The maximum atomic E-state index is 12.5. The highest BCUT2D eigenvalue weighted by Gasteiger charge is 2.50. The number of nitrogens with zero attached hydrogens (tertiary/aromatic N) is 4. The third-order valence-corrected chi connectivity index (χ3v) is 7.70. The fourth-order valence-electron chi connectivity index (χ4n) is 3.42. The lowest BCUT2D eigenvalue weighted by atomic mass is 10.1. The topological polar surface area (TPSA) is 132 Å². The van der Waals surface area contributed by atoms with Gasteiger partial charge in [0.25, 0.3) is 0 Å². The first-order chi connectivity index (χ1) is 14.5. The molecule has 170 valence electrons. The number of nitrogens with one attached hydrogen (secondary N) is 3. The Hall–Kier alpha value is -1.99. The van der Waals surface area contributed by atoms with E-state index < -0.39 is 26.9 Å². The monoisotopic (exact) mass is 471 g/mol. The predicted octanol–water partition coefficient (Wildman–Crippen LogP) is 1.27. The van der Waals surface area contributed by atoms with Crippen LogP contribution in [0.5, 0.6) is 0 Å². The maximum absolute atomic E-state index is 12.5. The highest BCUT2D eigenvalue weighted by Crippen LogP contribution is 2.31. The molecule has 4 unspecified atom stereocenters. The third-order valence-electron chi connectivity index (χ3n) is 5.19. The van der Waals surface area contributed by atoms with Crippen LogP contribution in [0.1, 0.15) is 20.8 Å². The van der Waals surface area contributed by atoms with Gasteiger partial charge in [0, 0.05) is 13.2 Å². The summed E-state index contributed by atoms with van der Waals surface area (Å²) < 4.78 is 40.2. The first kappa shape index (κ1) is 22.2. The van der Waals surface area contributed by atoms with Gasteiger partial charge in [-0.05, 0) is 20.8 Å². The summed E-state index contributed by atoms with van der Waals surface area (Å²) in [4.78, 5) is 8.63. The fraction of sp³-hybridized carbons (Fsp3) is 0.611. The van der Waals surface area contributed by atoms with E-state index in [1.54, 1.807) is 37.8 Å². The molecule has 0 aromatic carbocycles. The first-order valence-electron chi connectivity index (χ1n) is 9.83. The van der Waals surface area contributed by atoms with E-state index in [1.165, 1.54) is 6.20 Å². The molecule has 0 aliphatic carbocycles. The van der Waals surface area contributed by atoms with Gasteiger partial charge >= 0.3 is 0 Å². The van der Waals surface area contributed by atoms with Gasteiger partial charge in [0.05, 0.1) is 48.1 Å². The zero-order valence-corrected chi connectivity index (χ0v) is 19.2. The number of anilines is 3. The van der Waals surface area contributed by atoms with Crippen molar-refractivity contribution in [2.24, 2.45) is 7.05 Å². The lowest BCUT2D eigenvalue weighted by molar-refractivity contribution is 0.0690. The normalized spacial score (nSPS) is 26.1. The number of hydrogen-bond acceptors (Lipinski definition) is 9. The van der Waals surface area contributed by atoms with Crippen LogP contribution in [0.2, 0.25) is 5.02 Å². The van der Waals surface area contributed by atoms with Gasteiger partial charge < -0.3 is 20.1 Å². The summed E-state index contributed by atoms with van der Waals surface area (Å²) in [5.74, 6) is 0.790. The van der Waals surface area contributed by atoms with Crippen LogP contribution >= 0.6 is 11.6 Å². The van der Waals surface area contributed by atoms with E-state index in [4.69, 9.17) is 21.1 Å². The number of ether oxygens (including phenoxy) is 2. The number of rotatable bonds is 6. The van der Waals surface area contributed by atoms with Crippen molar-refractivity contribution in [2.45, 2.75) is 49.8 Å². The zero-order chi connectivity index (χ0) is 22.4. The van der Waals surface area contributed by atoms with Crippen molar-refractivity contribution < 1.29 is 17.9 Å². The molecule has 0 bridgehead atoms. The Kier molecular flexibility index (Phi) is 5.85.